The zero-order valence-corrected chi connectivity index (χ0v) is 28.5. The SMILES string of the molecule is C=C=O.CC.CC.CCC(=N)c1ccc(C(=O)N2CCCCC2)cc1.CCC1C(C)=Cc2cc(C)ccc21.CCCC. The molecular weight excluding hydrogens is 516 g/mol. The number of likely N-dealkylation sites (tertiary alicyclic amines) is 1. The highest BCUT2D eigenvalue weighted by molar-refractivity contribution is 6.00. The summed E-state index contributed by atoms with van der Waals surface area (Å²) in [7, 11) is 0. The number of hydrogen-bond donors (Lipinski definition) is 1. The largest absolute Gasteiger partial charge is 0.339 e. The van der Waals surface area contributed by atoms with Crippen molar-refractivity contribution in [2.24, 2.45) is 0 Å². The molecule has 0 saturated carbocycles. The molecule has 1 N–H and O–H groups in total. The standard InChI is InChI=1S/C15H20N2O.C13H16.C4H10.C2H2O.2C2H6/c1-2-14(16)12-6-8-13(9-7-12)15(18)17-10-4-3-5-11-17;1-4-12-10(3)8-11-7-9(2)5-6-13(11)12;1-3-4-2;1-2-3;2*1-2/h6-9,16H,2-5,10-11H2,1H3;5-8,12H,4H2,1-3H3;3-4H2,1-2H3;1H2;2*1-2H3. The molecule has 1 fully saturated rings. The molecule has 42 heavy (non-hydrogen) atoms. The van der Waals surface area contributed by atoms with Gasteiger partial charge >= 0.3 is 0 Å². The fourth-order valence-corrected chi connectivity index (χ4v) is 4.57. The first-order chi connectivity index (χ1) is 20.3. The minimum absolute atomic E-state index is 0.129. The van der Waals surface area contributed by atoms with Crippen molar-refractivity contribution in [3.8, 4) is 0 Å². The molecule has 1 aliphatic heterocycles. The highest BCUT2D eigenvalue weighted by Crippen LogP contribution is 2.38. The summed E-state index contributed by atoms with van der Waals surface area (Å²) in [6, 6.07) is 14.2. The van der Waals surface area contributed by atoms with E-state index < -0.39 is 0 Å². The van der Waals surface area contributed by atoms with Gasteiger partial charge in [0.1, 0.15) is 5.94 Å². The lowest BCUT2D eigenvalue weighted by atomic mass is 9.93. The number of nitrogens with zero attached hydrogens (tertiary/aromatic N) is 1. The number of hydrogen-bond acceptors (Lipinski definition) is 3. The number of carbonyl (C=O) groups excluding carboxylic acids is 2. The Morgan fingerprint density at radius 1 is 0.881 bits per heavy atom. The maximum atomic E-state index is 12.2. The monoisotopic (exact) mass is 576 g/mol. The van der Waals surface area contributed by atoms with Gasteiger partial charge in [0.15, 0.2) is 0 Å². The predicted molar refractivity (Wildman–Crippen MR) is 186 cm³/mol. The minimum Gasteiger partial charge on any atom is -0.339 e. The zero-order valence-electron chi connectivity index (χ0n) is 28.5. The Hall–Kier alpha value is -3.23. The van der Waals surface area contributed by atoms with Crippen LogP contribution in [0, 0.1) is 12.3 Å². The molecule has 1 aliphatic carbocycles. The predicted octanol–water partition coefficient (Wildman–Crippen LogP) is 10.9. The minimum atomic E-state index is 0.129. The molecule has 0 radical (unpaired) electrons. The maximum Gasteiger partial charge on any atom is 0.253 e. The molecule has 2 aromatic rings. The Bertz CT molecular complexity index is 1070. The first kappa shape index (κ1) is 40.9. The lowest BCUT2D eigenvalue weighted by Gasteiger charge is -2.26. The van der Waals surface area contributed by atoms with Crippen molar-refractivity contribution in [1.29, 1.82) is 5.41 Å². The Morgan fingerprint density at radius 3 is 1.83 bits per heavy atom. The number of allylic oxidation sites excluding steroid dienone is 1. The summed E-state index contributed by atoms with van der Waals surface area (Å²) in [6.07, 6.45) is 10.4. The first-order valence-corrected chi connectivity index (χ1v) is 16.2. The van der Waals surface area contributed by atoms with Crippen molar-refractivity contribution < 1.29 is 9.59 Å². The van der Waals surface area contributed by atoms with Crippen molar-refractivity contribution in [2.45, 2.75) is 120 Å². The van der Waals surface area contributed by atoms with E-state index in [0.717, 1.165) is 43.5 Å². The highest BCUT2D eigenvalue weighted by atomic mass is 16.2. The fourth-order valence-electron chi connectivity index (χ4n) is 4.57. The number of carbonyl (C=O) groups is 1. The van der Waals surface area contributed by atoms with Crippen LogP contribution in [0.15, 0.2) is 54.6 Å². The van der Waals surface area contributed by atoms with Crippen LogP contribution in [0.2, 0.25) is 0 Å². The van der Waals surface area contributed by atoms with E-state index in [1.54, 1.807) is 0 Å². The molecule has 0 spiro atoms. The molecule has 2 aliphatic rings. The van der Waals surface area contributed by atoms with E-state index in [2.05, 4.69) is 65.5 Å². The summed E-state index contributed by atoms with van der Waals surface area (Å²) in [6.45, 7) is 25.4. The topological polar surface area (TPSA) is 61.2 Å². The highest BCUT2D eigenvalue weighted by Gasteiger charge is 2.20. The molecule has 234 valence electrons. The van der Waals surface area contributed by atoms with Gasteiger partial charge in [-0.3, -0.25) is 4.79 Å². The molecule has 1 saturated heterocycles. The second-order valence-electron chi connectivity index (χ2n) is 9.89. The quantitative estimate of drug-likeness (QED) is 0.284. The number of piperidine rings is 1. The van der Waals surface area contributed by atoms with E-state index in [1.807, 2.05) is 63.8 Å². The van der Waals surface area contributed by atoms with E-state index in [-0.39, 0.29) is 5.91 Å². The maximum absolute atomic E-state index is 12.2. The summed E-state index contributed by atoms with van der Waals surface area (Å²) in [4.78, 5) is 22.7. The first-order valence-electron chi connectivity index (χ1n) is 16.2. The van der Waals surface area contributed by atoms with Gasteiger partial charge in [-0.15, -0.1) is 0 Å². The van der Waals surface area contributed by atoms with Gasteiger partial charge in [-0.25, -0.2) is 4.79 Å². The third kappa shape index (κ3) is 14.6. The molecule has 0 aromatic heterocycles. The van der Waals surface area contributed by atoms with Crippen LogP contribution < -0.4 is 0 Å². The van der Waals surface area contributed by atoms with Crippen LogP contribution in [-0.4, -0.2) is 35.5 Å². The summed E-state index contributed by atoms with van der Waals surface area (Å²) in [5.74, 6) is 2.06. The van der Waals surface area contributed by atoms with Crippen LogP contribution in [0.1, 0.15) is 146 Å². The molecule has 0 bridgehead atoms. The van der Waals surface area contributed by atoms with E-state index >= 15 is 0 Å². The summed E-state index contributed by atoms with van der Waals surface area (Å²) < 4.78 is 0. The number of nitrogens with one attached hydrogen (secondary N) is 1. The van der Waals surface area contributed by atoms with E-state index in [1.165, 1.54) is 53.9 Å². The average Bonchev–Trinajstić information content (AvgIpc) is 3.37. The van der Waals surface area contributed by atoms with Gasteiger partial charge in [0.25, 0.3) is 5.91 Å². The molecule has 1 amide bonds. The van der Waals surface area contributed by atoms with Gasteiger partial charge in [-0.1, -0.05) is 116 Å². The Kier molecular flexibility index (Phi) is 24.8. The van der Waals surface area contributed by atoms with Crippen LogP contribution in [0.25, 0.3) is 6.08 Å². The van der Waals surface area contributed by atoms with Gasteiger partial charge in [-0.2, -0.15) is 0 Å². The number of fused-ring (bicyclic) bond motifs is 1. The Morgan fingerprint density at radius 2 is 1.38 bits per heavy atom. The Labute approximate surface area is 258 Å². The molecular formula is C38H60N2O2. The molecule has 4 rings (SSSR count). The zero-order chi connectivity index (χ0) is 32.5. The molecule has 4 nitrogen and oxygen atoms in total. The van der Waals surface area contributed by atoms with Gasteiger partial charge in [0.05, 0.1) is 0 Å². The summed E-state index contributed by atoms with van der Waals surface area (Å²) in [5.41, 5.74) is 8.10. The van der Waals surface area contributed by atoms with Gasteiger partial charge < -0.3 is 10.3 Å². The van der Waals surface area contributed by atoms with E-state index in [0.29, 0.717) is 11.6 Å². The molecule has 1 unspecified atom stereocenters. The van der Waals surface area contributed by atoms with Crippen LogP contribution in [0.4, 0.5) is 0 Å². The molecule has 2 aromatic carbocycles. The Balaban J connectivity index is 0. The van der Waals surface area contributed by atoms with Crippen molar-refractivity contribution in [2.75, 3.05) is 13.1 Å². The second kappa shape index (κ2) is 25.5. The second-order valence-corrected chi connectivity index (χ2v) is 9.89. The van der Waals surface area contributed by atoms with Gasteiger partial charge in [-0.05, 0) is 81.4 Å². The third-order valence-corrected chi connectivity index (χ3v) is 6.94. The number of aryl methyl sites for hydroxylation is 1. The fraction of sp³-hybridized carbons (Fsp3) is 0.526. The summed E-state index contributed by atoms with van der Waals surface area (Å²) >= 11 is 0. The van der Waals surface area contributed by atoms with Crippen LogP contribution in [0.3, 0.4) is 0 Å². The molecule has 1 heterocycles. The molecule has 1 atom stereocenters. The number of rotatable bonds is 5. The van der Waals surface area contributed by atoms with Crippen molar-refractivity contribution in [3.05, 3.63) is 82.4 Å². The summed E-state index contributed by atoms with van der Waals surface area (Å²) in [5, 5.41) is 7.76. The average molecular weight is 577 g/mol. The van der Waals surface area contributed by atoms with Gasteiger partial charge in [0.2, 0.25) is 0 Å². The number of unbranched alkanes of at least 4 members (excludes halogenated alkanes) is 1. The van der Waals surface area contributed by atoms with Gasteiger partial charge in [0, 0.05) is 30.3 Å². The van der Waals surface area contributed by atoms with E-state index in [9.17, 15) is 4.79 Å². The third-order valence-electron chi connectivity index (χ3n) is 6.94. The smallest absolute Gasteiger partial charge is 0.253 e. The van der Waals surface area contributed by atoms with Crippen LogP contribution in [0.5, 0.6) is 0 Å². The number of benzene rings is 2. The molecule has 4 heteroatoms. The number of amides is 1. The normalized spacial score (nSPS) is 14.0. The lowest BCUT2D eigenvalue weighted by molar-refractivity contribution is 0.0724. The van der Waals surface area contributed by atoms with Crippen LogP contribution in [-0.2, 0) is 4.79 Å². The van der Waals surface area contributed by atoms with Crippen molar-refractivity contribution in [3.63, 3.8) is 0 Å². The van der Waals surface area contributed by atoms with Crippen molar-refractivity contribution in [1.82, 2.24) is 4.90 Å². The van der Waals surface area contributed by atoms with Crippen LogP contribution >= 0.6 is 0 Å². The lowest BCUT2D eigenvalue weighted by Crippen LogP contribution is -2.35. The van der Waals surface area contributed by atoms with E-state index in [4.69, 9.17) is 10.2 Å². The van der Waals surface area contributed by atoms with Crippen molar-refractivity contribution >= 4 is 23.6 Å².